The standard InChI is InChI=1S/C18H23NO4/c1-22-13-8-6-12(7-9-13)15-14(17(21)23-2)16(20)19-18(15)10-4-3-5-11-18/h6-9,14-15H,3-5,10-11H2,1-2H3,(H,19,20). The van der Waals surface area contributed by atoms with Crippen molar-refractivity contribution < 1.29 is 19.1 Å². The third kappa shape index (κ3) is 2.69. The molecule has 2 unspecified atom stereocenters. The number of rotatable bonds is 3. The van der Waals surface area contributed by atoms with E-state index in [1.165, 1.54) is 13.5 Å². The maximum Gasteiger partial charge on any atom is 0.318 e. The van der Waals surface area contributed by atoms with E-state index in [1.807, 2.05) is 24.3 Å². The topological polar surface area (TPSA) is 64.6 Å². The van der Waals surface area contributed by atoms with E-state index in [0.717, 1.165) is 37.0 Å². The fraction of sp³-hybridized carbons (Fsp3) is 0.556. The van der Waals surface area contributed by atoms with E-state index in [-0.39, 0.29) is 17.4 Å². The molecule has 23 heavy (non-hydrogen) atoms. The molecular weight excluding hydrogens is 294 g/mol. The van der Waals surface area contributed by atoms with Gasteiger partial charge in [-0.3, -0.25) is 9.59 Å². The van der Waals surface area contributed by atoms with E-state index in [4.69, 9.17) is 9.47 Å². The van der Waals surface area contributed by atoms with Crippen molar-refractivity contribution in [2.45, 2.75) is 43.6 Å². The van der Waals surface area contributed by atoms with Gasteiger partial charge >= 0.3 is 5.97 Å². The minimum absolute atomic E-state index is 0.186. The zero-order valence-electron chi connectivity index (χ0n) is 13.6. The van der Waals surface area contributed by atoms with Crippen molar-refractivity contribution in [3.05, 3.63) is 29.8 Å². The molecule has 1 spiro atoms. The van der Waals surface area contributed by atoms with Gasteiger partial charge in [0.1, 0.15) is 11.7 Å². The Hall–Kier alpha value is -2.04. The van der Waals surface area contributed by atoms with Crippen molar-refractivity contribution in [2.75, 3.05) is 14.2 Å². The van der Waals surface area contributed by atoms with Gasteiger partial charge in [-0.15, -0.1) is 0 Å². The third-order valence-corrected chi connectivity index (χ3v) is 5.26. The highest BCUT2D eigenvalue weighted by Crippen LogP contribution is 2.48. The first kappa shape index (κ1) is 15.8. The Morgan fingerprint density at radius 1 is 1.13 bits per heavy atom. The molecule has 1 N–H and O–H groups in total. The molecule has 1 saturated heterocycles. The Bertz CT molecular complexity index is 590. The Kier molecular flexibility index (Phi) is 4.28. The number of esters is 1. The molecule has 124 valence electrons. The van der Waals surface area contributed by atoms with Crippen molar-refractivity contribution in [2.24, 2.45) is 5.92 Å². The molecule has 5 nitrogen and oxygen atoms in total. The lowest BCUT2D eigenvalue weighted by Gasteiger charge is -2.39. The van der Waals surface area contributed by atoms with Gasteiger partial charge in [0, 0.05) is 11.5 Å². The summed E-state index contributed by atoms with van der Waals surface area (Å²) < 4.78 is 10.1. The molecule has 1 aliphatic heterocycles. The van der Waals surface area contributed by atoms with Gasteiger partial charge in [-0.05, 0) is 30.5 Å². The Labute approximate surface area is 136 Å². The molecule has 1 aliphatic carbocycles. The summed E-state index contributed by atoms with van der Waals surface area (Å²) in [5.41, 5.74) is 0.657. The summed E-state index contributed by atoms with van der Waals surface area (Å²) in [4.78, 5) is 24.8. The van der Waals surface area contributed by atoms with Crippen LogP contribution in [0.15, 0.2) is 24.3 Å². The molecular formula is C18H23NO4. The van der Waals surface area contributed by atoms with Crippen LogP contribution in [0.5, 0.6) is 5.75 Å². The Balaban J connectivity index is 2.03. The Morgan fingerprint density at radius 2 is 1.78 bits per heavy atom. The van der Waals surface area contributed by atoms with E-state index >= 15 is 0 Å². The number of carbonyl (C=O) groups excluding carboxylic acids is 2. The average molecular weight is 317 g/mol. The highest BCUT2D eigenvalue weighted by Gasteiger charge is 2.56. The Morgan fingerprint density at radius 3 is 2.35 bits per heavy atom. The zero-order chi connectivity index (χ0) is 16.4. The van der Waals surface area contributed by atoms with E-state index in [9.17, 15) is 9.59 Å². The molecule has 2 atom stereocenters. The van der Waals surface area contributed by atoms with Crippen LogP contribution in [0, 0.1) is 5.92 Å². The van der Waals surface area contributed by atoms with Gasteiger partial charge < -0.3 is 14.8 Å². The van der Waals surface area contributed by atoms with Gasteiger partial charge in [-0.1, -0.05) is 31.4 Å². The number of benzene rings is 1. The monoisotopic (exact) mass is 317 g/mol. The first-order valence-corrected chi connectivity index (χ1v) is 8.15. The first-order chi connectivity index (χ1) is 11.1. The number of hydrogen-bond donors (Lipinski definition) is 1. The van der Waals surface area contributed by atoms with E-state index in [1.54, 1.807) is 7.11 Å². The summed E-state index contributed by atoms with van der Waals surface area (Å²) in [7, 11) is 2.96. The van der Waals surface area contributed by atoms with Crippen LogP contribution >= 0.6 is 0 Å². The lowest BCUT2D eigenvalue weighted by atomic mass is 9.68. The van der Waals surface area contributed by atoms with Gasteiger partial charge in [-0.25, -0.2) is 0 Å². The van der Waals surface area contributed by atoms with Gasteiger partial charge in [0.15, 0.2) is 0 Å². The van der Waals surface area contributed by atoms with E-state index in [2.05, 4.69) is 5.32 Å². The normalized spacial score (nSPS) is 25.9. The molecule has 2 fully saturated rings. The van der Waals surface area contributed by atoms with Crippen LogP contribution in [-0.4, -0.2) is 31.6 Å². The number of nitrogens with one attached hydrogen (secondary N) is 1. The molecule has 1 saturated carbocycles. The number of methoxy groups -OCH3 is 2. The molecule has 1 heterocycles. The smallest absolute Gasteiger partial charge is 0.318 e. The van der Waals surface area contributed by atoms with Crippen LogP contribution < -0.4 is 10.1 Å². The first-order valence-electron chi connectivity index (χ1n) is 8.15. The summed E-state index contributed by atoms with van der Waals surface area (Å²) in [6.45, 7) is 0. The molecule has 1 aromatic carbocycles. The van der Waals surface area contributed by atoms with Gasteiger partial charge in [-0.2, -0.15) is 0 Å². The molecule has 0 aromatic heterocycles. The summed E-state index contributed by atoms with van der Waals surface area (Å²) in [5, 5.41) is 3.14. The summed E-state index contributed by atoms with van der Waals surface area (Å²) in [6.07, 6.45) is 5.13. The maximum atomic E-state index is 12.5. The zero-order valence-corrected chi connectivity index (χ0v) is 13.6. The summed E-state index contributed by atoms with van der Waals surface area (Å²) in [5.74, 6) is -0.858. The number of hydrogen-bond acceptors (Lipinski definition) is 4. The fourth-order valence-electron chi connectivity index (χ4n) is 4.18. The number of carbonyl (C=O) groups is 2. The molecule has 3 rings (SSSR count). The third-order valence-electron chi connectivity index (χ3n) is 5.26. The van der Waals surface area contributed by atoms with Crippen molar-refractivity contribution in [1.29, 1.82) is 0 Å². The van der Waals surface area contributed by atoms with Crippen LogP contribution in [0.2, 0.25) is 0 Å². The van der Waals surface area contributed by atoms with Crippen LogP contribution in [0.3, 0.4) is 0 Å². The van der Waals surface area contributed by atoms with Crippen LogP contribution in [-0.2, 0) is 14.3 Å². The number of amides is 1. The largest absolute Gasteiger partial charge is 0.497 e. The van der Waals surface area contributed by atoms with Gasteiger partial charge in [0.25, 0.3) is 0 Å². The minimum Gasteiger partial charge on any atom is -0.497 e. The SMILES string of the molecule is COC(=O)C1C(=O)NC2(CCCCC2)C1c1ccc(OC)cc1. The molecule has 2 aliphatic rings. The van der Waals surface area contributed by atoms with Crippen LogP contribution in [0.1, 0.15) is 43.6 Å². The predicted octanol–water partition coefficient (Wildman–Crippen LogP) is 2.40. The molecule has 5 heteroatoms. The quantitative estimate of drug-likeness (QED) is 0.687. The fourth-order valence-corrected chi connectivity index (χ4v) is 4.18. The highest BCUT2D eigenvalue weighted by molar-refractivity contribution is 6.01. The van der Waals surface area contributed by atoms with Gasteiger partial charge in [0.05, 0.1) is 14.2 Å². The van der Waals surface area contributed by atoms with Crippen molar-refractivity contribution >= 4 is 11.9 Å². The second-order valence-electron chi connectivity index (χ2n) is 6.46. The number of ether oxygens (including phenoxy) is 2. The molecule has 0 radical (unpaired) electrons. The van der Waals surface area contributed by atoms with Crippen LogP contribution in [0.25, 0.3) is 0 Å². The second-order valence-corrected chi connectivity index (χ2v) is 6.46. The average Bonchev–Trinajstić information content (AvgIpc) is 2.86. The minimum atomic E-state index is -0.772. The van der Waals surface area contributed by atoms with Gasteiger partial charge in [0.2, 0.25) is 5.91 Å². The molecule has 0 bridgehead atoms. The molecule has 1 aromatic rings. The second kappa shape index (κ2) is 6.22. The highest BCUT2D eigenvalue weighted by atomic mass is 16.5. The van der Waals surface area contributed by atoms with Crippen LogP contribution in [0.4, 0.5) is 0 Å². The maximum absolute atomic E-state index is 12.5. The molecule has 1 amide bonds. The van der Waals surface area contributed by atoms with Crippen molar-refractivity contribution in [3.8, 4) is 5.75 Å². The summed E-state index contributed by atoms with van der Waals surface area (Å²) >= 11 is 0. The van der Waals surface area contributed by atoms with Crippen molar-refractivity contribution in [1.82, 2.24) is 5.32 Å². The summed E-state index contributed by atoms with van der Waals surface area (Å²) in [6, 6.07) is 7.66. The lowest BCUT2D eigenvalue weighted by molar-refractivity contribution is -0.149. The van der Waals surface area contributed by atoms with Crippen molar-refractivity contribution in [3.63, 3.8) is 0 Å². The predicted molar refractivity (Wildman–Crippen MR) is 85.2 cm³/mol. The lowest BCUT2D eigenvalue weighted by Crippen LogP contribution is -2.46. The van der Waals surface area contributed by atoms with E-state index < -0.39 is 11.9 Å². The van der Waals surface area contributed by atoms with E-state index in [0.29, 0.717) is 0 Å².